The monoisotopic (exact) mass is 346 g/mol. The van der Waals surface area contributed by atoms with Gasteiger partial charge in [0.2, 0.25) is 0 Å². The number of aliphatic imine (C=N–C) groups is 1. The van der Waals surface area contributed by atoms with E-state index in [4.69, 9.17) is 4.74 Å². The first-order chi connectivity index (χ1) is 11.4. The number of nitrogens with zero attached hydrogens (tertiary/aromatic N) is 1. The minimum atomic E-state index is -4.62. The van der Waals surface area contributed by atoms with E-state index in [9.17, 15) is 18.3 Å². The molecule has 0 aliphatic carbocycles. The van der Waals surface area contributed by atoms with Gasteiger partial charge >= 0.3 is 6.18 Å². The molecule has 0 saturated carbocycles. The van der Waals surface area contributed by atoms with E-state index in [-0.39, 0.29) is 12.1 Å². The predicted molar refractivity (Wildman–Crippen MR) is 89.3 cm³/mol. The second kappa shape index (κ2) is 9.52. The van der Waals surface area contributed by atoms with Crippen LogP contribution in [-0.4, -0.2) is 43.7 Å². The van der Waals surface area contributed by atoms with Crippen LogP contribution in [0.1, 0.15) is 37.8 Å². The van der Waals surface area contributed by atoms with Gasteiger partial charge < -0.3 is 15.2 Å². The van der Waals surface area contributed by atoms with Crippen LogP contribution in [-0.2, 0) is 6.42 Å². The maximum Gasteiger partial charge on any atom is 0.433 e. The highest BCUT2D eigenvalue weighted by atomic mass is 19.4. The normalized spacial score (nSPS) is 12.5. The summed E-state index contributed by atoms with van der Waals surface area (Å²) in [5.41, 5.74) is -0.954. The van der Waals surface area contributed by atoms with E-state index in [1.54, 1.807) is 0 Å². The summed E-state index contributed by atoms with van der Waals surface area (Å²) < 4.78 is 45.2. The molecule has 7 heteroatoms. The van der Waals surface area contributed by atoms with Crippen molar-refractivity contribution in [2.45, 2.75) is 39.3 Å². The Hall–Kier alpha value is -1.76. The lowest BCUT2D eigenvalue weighted by Gasteiger charge is -2.18. The molecule has 0 atom stereocenters. The Morgan fingerprint density at radius 1 is 1.29 bits per heavy atom. The van der Waals surface area contributed by atoms with Gasteiger partial charge in [-0.15, -0.1) is 0 Å². The summed E-state index contributed by atoms with van der Waals surface area (Å²) in [6.45, 7) is 4.59. The quantitative estimate of drug-likeness (QED) is 0.529. The molecule has 0 aliphatic rings. The van der Waals surface area contributed by atoms with Crippen LogP contribution in [0.3, 0.4) is 0 Å². The molecule has 0 saturated heterocycles. The van der Waals surface area contributed by atoms with Crippen molar-refractivity contribution in [2.24, 2.45) is 4.99 Å². The SMILES string of the molecule is CCCc1c(OCCCNC)ccc(C(=NCC)C(F)(F)F)c1O. The van der Waals surface area contributed by atoms with Crippen LogP contribution >= 0.6 is 0 Å². The highest BCUT2D eigenvalue weighted by Gasteiger charge is 2.38. The number of benzene rings is 1. The summed E-state index contributed by atoms with van der Waals surface area (Å²) in [4.78, 5) is 3.53. The van der Waals surface area contributed by atoms with Gasteiger partial charge in [-0.2, -0.15) is 13.2 Å². The molecule has 0 unspecified atom stereocenters. The zero-order chi connectivity index (χ0) is 18.2. The molecule has 1 aromatic rings. The number of aromatic hydroxyl groups is 1. The van der Waals surface area contributed by atoms with Gasteiger partial charge in [0.15, 0.2) is 0 Å². The average molecular weight is 346 g/mol. The Kier molecular flexibility index (Phi) is 8.04. The van der Waals surface area contributed by atoms with E-state index in [1.165, 1.54) is 19.1 Å². The predicted octanol–water partition coefficient (Wildman–Crippen LogP) is 3.70. The van der Waals surface area contributed by atoms with Gasteiger partial charge in [0.1, 0.15) is 17.2 Å². The van der Waals surface area contributed by atoms with Crippen LogP contribution in [0.15, 0.2) is 17.1 Å². The molecular weight excluding hydrogens is 321 g/mol. The van der Waals surface area contributed by atoms with Gasteiger partial charge in [0.25, 0.3) is 0 Å². The fourth-order valence-electron chi connectivity index (χ4n) is 2.35. The minimum Gasteiger partial charge on any atom is -0.507 e. The van der Waals surface area contributed by atoms with E-state index in [0.717, 1.165) is 13.0 Å². The smallest absolute Gasteiger partial charge is 0.433 e. The highest BCUT2D eigenvalue weighted by Crippen LogP contribution is 2.36. The molecule has 0 amide bonds. The molecular formula is C17H25F3N2O2. The molecule has 0 aromatic heterocycles. The summed E-state index contributed by atoms with van der Waals surface area (Å²) in [7, 11) is 1.83. The molecule has 1 rings (SSSR count). The van der Waals surface area contributed by atoms with Crippen LogP contribution in [0.4, 0.5) is 13.2 Å². The second-order valence-corrected chi connectivity index (χ2v) is 5.31. The molecule has 1 aromatic carbocycles. The van der Waals surface area contributed by atoms with E-state index < -0.39 is 17.6 Å². The van der Waals surface area contributed by atoms with E-state index in [1.807, 2.05) is 14.0 Å². The zero-order valence-corrected chi connectivity index (χ0v) is 14.3. The molecule has 0 spiro atoms. The van der Waals surface area contributed by atoms with Crippen LogP contribution < -0.4 is 10.1 Å². The fraction of sp³-hybridized carbons (Fsp3) is 0.588. The first-order valence-electron chi connectivity index (χ1n) is 8.11. The number of rotatable bonds is 9. The van der Waals surface area contributed by atoms with Crippen LogP contribution in [0.2, 0.25) is 0 Å². The Labute approximate surface area is 140 Å². The average Bonchev–Trinajstić information content (AvgIpc) is 2.52. The molecule has 2 N–H and O–H groups in total. The van der Waals surface area contributed by atoms with Crippen molar-refractivity contribution in [1.82, 2.24) is 5.32 Å². The number of nitrogens with one attached hydrogen (secondary N) is 1. The van der Waals surface area contributed by atoms with Crippen molar-refractivity contribution >= 4 is 5.71 Å². The van der Waals surface area contributed by atoms with E-state index >= 15 is 0 Å². The summed E-state index contributed by atoms with van der Waals surface area (Å²) >= 11 is 0. The third-order valence-corrected chi connectivity index (χ3v) is 3.41. The molecule has 0 aliphatic heterocycles. The largest absolute Gasteiger partial charge is 0.507 e. The second-order valence-electron chi connectivity index (χ2n) is 5.31. The third-order valence-electron chi connectivity index (χ3n) is 3.41. The van der Waals surface area contributed by atoms with E-state index in [2.05, 4.69) is 10.3 Å². The molecule has 0 bridgehead atoms. The van der Waals surface area contributed by atoms with Gasteiger partial charge in [-0.3, -0.25) is 4.99 Å². The van der Waals surface area contributed by atoms with Crippen molar-refractivity contribution in [3.05, 3.63) is 23.3 Å². The molecule has 0 fully saturated rings. The number of halogens is 3. The third kappa shape index (κ3) is 5.40. The summed E-state index contributed by atoms with van der Waals surface area (Å²) in [6.07, 6.45) is -2.75. The van der Waals surface area contributed by atoms with Crippen LogP contribution in [0.5, 0.6) is 11.5 Å². The standard InChI is InChI=1S/C17H25F3N2O2/c1-4-7-12-14(24-11-6-10-21-3)9-8-13(15(12)23)16(22-5-2)17(18,19)20/h8-9,21,23H,4-7,10-11H2,1-3H3. The summed E-state index contributed by atoms with van der Waals surface area (Å²) in [5.74, 6) is 0.0275. The number of phenols is 1. The van der Waals surface area contributed by atoms with Crippen LogP contribution in [0, 0.1) is 0 Å². The van der Waals surface area contributed by atoms with Gasteiger partial charge in [0.05, 0.1) is 6.61 Å². The number of hydrogen-bond acceptors (Lipinski definition) is 4. The van der Waals surface area contributed by atoms with Crippen molar-refractivity contribution in [3.8, 4) is 11.5 Å². The van der Waals surface area contributed by atoms with E-state index in [0.29, 0.717) is 30.8 Å². The number of alkyl halides is 3. The van der Waals surface area contributed by atoms with Crippen molar-refractivity contribution < 1.29 is 23.0 Å². The van der Waals surface area contributed by atoms with Crippen molar-refractivity contribution in [3.63, 3.8) is 0 Å². The Bertz CT molecular complexity index is 558. The Balaban J connectivity index is 3.21. The summed E-state index contributed by atoms with van der Waals surface area (Å²) in [6, 6.07) is 2.71. The number of ether oxygens (including phenoxy) is 1. The Morgan fingerprint density at radius 2 is 2.00 bits per heavy atom. The lowest BCUT2D eigenvalue weighted by molar-refractivity contribution is -0.0583. The van der Waals surface area contributed by atoms with Crippen molar-refractivity contribution in [1.29, 1.82) is 0 Å². The maximum absolute atomic E-state index is 13.2. The van der Waals surface area contributed by atoms with Gasteiger partial charge in [-0.25, -0.2) is 0 Å². The summed E-state index contributed by atoms with van der Waals surface area (Å²) in [5, 5.41) is 13.4. The first-order valence-corrected chi connectivity index (χ1v) is 8.11. The molecule has 0 radical (unpaired) electrons. The van der Waals surface area contributed by atoms with Crippen molar-refractivity contribution in [2.75, 3.05) is 26.7 Å². The lowest BCUT2D eigenvalue weighted by Crippen LogP contribution is -2.25. The Morgan fingerprint density at radius 3 is 2.54 bits per heavy atom. The molecule has 24 heavy (non-hydrogen) atoms. The molecule has 0 heterocycles. The van der Waals surface area contributed by atoms with Gasteiger partial charge in [-0.1, -0.05) is 13.3 Å². The topological polar surface area (TPSA) is 53.8 Å². The highest BCUT2D eigenvalue weighted by molar-refractivity contribution is 6.07. The first kappa shape index (κ1) is 20.3. The maximum atomic E-state index is 13.2. The number of phenolic OH excluding ortho intramolecular Hbond substituents is 1. The lowest BCUT2D eigenvalue weighted by atomic mass is 10.00. The minimum absolute atomic E-state index is 0.0142. The van der Waals surface area contributed by atoms with Gasteiger partial charge in [0, 0.05) is 17.7 Å². The van der Waals surface area contributed by atoms with Crippen LogP contribution in [0.25, 0.3) is 0 Å². The molecule has 4 nitrogen and oxygen atoms in total. The number of hydrogen-bond donors (Lipinski definition) is 2. The molecule has 136 valence electrons. The fourth-order valence-corrected chi connectivity index (χ4v) is 2.35. The zero-order valence-electron chi connectivity index (χ0n) is 14.3. The van der Waals surface area contributed by atoms with Gasteiger partial charge in [-0.05, 0) is 45.5 Å².